The number of anilines is 1. The quantitative estimate of drug-likeness (QED) is 0.492. The molecule has 164 valence electrons. The molecular weight excluding hydrogens is 413 g/mol. The summed E-state index contributed by atoms with van der Waals surface area (Å²) in [7, 11) is 1.19. The molecule has 2 unspecified atom stereocenters. The van der Waals surface area contributed by atoms with Crippen molar-refractivity contribution in [2.24, 2.45) is 0 Å². The zero-order chi connectivity index (χ0) is 22.6. The molecule has 0 saturated carbocycles. The Balaban J connectivity index is 1.88. The monoisotopic (exact) mass is 434 g/mol. The number of nitrogens with one attached hydrogen (secondary N) is 3. The van der Waals surface area contributed by atoms with Crippen molar-refractivity contribution >= 4 is 28.9 Å². The average molecular weight is 434 g/mol. The Morgan fingerprint density at radius 2 is 1.90 bits per heavy atom. The highest BCUT2D eigenvalue weighted by atomic mass is 19.4. The zero-order valence-corrected chi connectivity index (χ0v) is 16.8. The average Bonchev–Trinajstić information content (AvgIpc) is 3.14. The Morgan fingerprint density at radius 1 is 1.16 bits per heavy atom. The molecule has 3 rings (SSSR count). The van der Waals surface area contributed by atoms with E-state index in [2.05, 4.69) is 25.3 Å². The number of halogens is 3. The van der Waals surface area contributed by atoms with Crippen LogP contribution in [0.5, 0.6) is 0 Å². The van der Waals surface area contributed by atoms with Gasteiger partial charge in [0.05, 0.1) is 36.2 Å². The number of methoxy groups -OCH3 is 1. The molecule has 7 nitrogen and oxygen atoms in total. The topological polar surface area (TPSA) is 96.1 Å². The molecule has 10 heteroatoms. The molecular formula is C21H21F3N4O3. The number of H-pyrrole nitrogens is 1. The number of nitrogens with zero attached hydrogens (tertiary/aromatic N) is 1. The largest absolute Gasteiger partial charge is 0.467 e. The van der Waals surface area contributed by atoms with Gasteiger partial charge in [0.2, 0.25) is 11.9 Å². The second kappa shape index (κ2) is 9.07. The molecule has 0 spiro atoms. The highest BCUT2D eigenvalue weighted by molar-refractivity contribution is 5.84. The third kappa shape index (κ3) is 5.53. The van der Waals surface area contributed by atoms with Crippen LogP contribution in [0.1, 0.15) is 30.5 Å². The summed E-state index contributed by atoms with van der Waals surface area (Å²) in [4.78, 5) is 31.4. The standard InChI is InChI=1S/C21H21F3N4O3/c1-12(19(30)31-2)25-18(29)11-17(13-6-5-7-14(10-13)21(22,23)24)28-20-26-15-8-3-4-9-16(15)27-20/h3-10,12,17H,11H2,1-2H3,(H,25,29)(H2,26,27,28). The number of hydrogen-bond donors (Lipinski definition) is 3. The van der Waals surface area contributed by atoms with Crippen LogP contribution in [0.3, 0.4) is 0 Å². The summed E-state index contributed by atoms with van der Waals surface area (Å²) in [5.41, 5.74) is 0.814. The fourth-order valence-electron chi connectivity index (χ4n) is 3.09. The second-order valence-electron chi connectivity index (χ2n) is 6.94. The maximum absolute atomic E-state index is 13.2. The van der Waals surface area contributed by atoms with Gasteiger partial charge >= 0.3 is 12.1 Å². The molecule has 1 heterocycles. The van der Waals surface area contributed by atoms with Gasteiger partial charge < -0.3 is 20.4 Å². The Kier molecular flexibility index (Phi) is 6.47. The van der Waals surface area contributed by atoms with E-state index in [1.807, 2.05) is 6.07 Å². The van der Waals surface area contributed by atoms with Gasteiger partial charge in [0.1, 0.15) is 6.04 Å². The Labute approximate surface area is 176 Å². The van der Waals surface area contributed by atoms with Gasteiger partial charge in [-0.25, -0.2) is 9.78 Å². The number of amides is 1. The molecule has 3 N–H and O–H groups in total. The Bertz CT molecular complexity index is 1050. The molecule has 31 heavy (non-hydrogen) atoms. The summed E-state index contributed by atoms with van der Waals surface area (Å²) < 4.78 is 44.1. The normalized spacial score (nSPS) is 13.5. The van der Waals surface area contributed by atoms with Crippen molar-refractivity contribution in [1.29, 1.82) is 0 Å². The number of imidazole rings is 1. The van der Waals surface area contributed by atoms with E-state index in [4.69, 9.17) is 0 Å². The highest BCUT2D eigenvalue weighted by Gasteiger charge is 2.31. The molecule has 0 aliphatic carbocycles. The van der Waals surface area contributed by atoms with Gasteiger partial charge in [-0.05, 0) is 36.8 Å². The van der Waals surface area contributed by atoms with E-state index in [1.165, 1.54) is 26.2 Å². The molecule has 0 radical (unpaired) electrons. The van der Waals surface area contributed by atoms with Crippen molar-refractivity contribution in [1.82, 2.24) is 15.3 Å². The summed E-state index contributed by atoms with van der Waals surface area (Å²) in [6.45, 7) is 1.45. The third-order valence-electron chi connectivity index (χ3n) is 4.64. The van der Waals surface area contributed by atoms with Gasteiger partial charge in [0, 0.05) is 0 Å². The van der Waals surface area contributed by atoms with E-state index in [-0.39, 0.29) is 12.0 Å². The second-order valence-corrected chi connectivity index (χ2v) is 6.94. The van der Waals surface area contributed by atoms with E-state index in [0.717, 1.165) is 17.6 Å². The van der Waals surface area contributed by atoms with E-state index >= 15 is 0 Å². The Hall–Kier alpha value is -3.56. The first-order valence-electron chi connectivity index (χ1n) is 9.43. The SMILES string of the molecule is COC(=O)C(C)NC(=O)CC(Nc1nc2ccccc2[nH]1)c1cccc(C(F)(F)F)c1. The fraction of sp³-hybridized carbons (Fsp3) is 0.286. The van der Waals surface area contributed by atoms with Gasteiger partial charge in [-0.15, -0.1) is 0 Å². The number of fused-ring (bicyclic) bond motifs is 1. The summed E-state index contributed by atoms with van der Waals surface area (Å²) in [5, 5.41) is 5.48. The Morgan fingerprint density at radius 3 is 2.58 bits per heavy atom. The maximum Gasteiger partial charge on any atom is 0.416 e. The molecule has 1 aromatic heterocycles. The molecule has 1 amide bonds. The van der Waals surface area contributed by atoms with Crippen LogP contribution < -0.4 is 10.6 Å². The summed E-state index contributed by atoms with van der Waals surface area (Å²) in [6, 6.07) is 10.2. The minimum absolute atomic E-state index is 0.236. The number of rotatable bonds is 7. The lowest BCUT2D eigenvalue weighted by molar-refractivity contribution is -0.144. The van der Waals surface area contributed by atoms with Crippen molar-refractivity contribution in [2.75, 3.05) is 12.4 Å². The summed E-state index contributed by atoms with van der Waals surface area (Å²) >= 11 is 0. The van der Waals surface area contributed by atoms with Crippen molar-refractivity contribution in [3.63, 3.8) is 0 Å². The van der Waals surface area contributed by atoms with Crippen LogP contribution in [0.2, 0.25) is 0 Å². The van der Waals surface area contributed by atoms with Crippen LogP contribution in [0.15, 0.2) is 48.5 Å². The number of benzene rings is 2. The third-order valence-corrected chi connectivity index (χ3v) is 4.64. The predicted molar refractivity (Wildman–Crippen MR) is 108 cm³/mol. The molecule has 3 aromatic rings. The summed E-state index contributed by atoms with van der Waals surface area (Å²) in [5.74, 6) is -0.865. The first kappa shape index (κ1) is 22.1. The summed E-state index contributed by atoms with van der Waals surface area (Å²) in [6.07, 6.45) is -4.76. The number of esters is 1. The number of ether oxygens (including phenoxy) is 1. The molecule has 2 atom stereocenters. The number of carbonyl (C=O) groups is 2. The van der Waals surface area contributed by atoms with E-state index in [9.17, 15) is 22.8 Å². The first-order valence-corrected chi connectivity index (χ1v) is 9.43. The van der Waals surface area contributed by atoms with Gasteiger partial charge in [0.25, 0.3) is 0 Å². The molecule has 0 fully saturated rings. The van der Waals surface area contributed by atoms with Crippen LogP contribution >= 0.6 is 0 Å². The van der Waals surface area contributed by atoms with Crippen LogP contribution in [-0.4, -0.2) is 35.0 Å². The van der Waals surface area contributed by atoms with Gasteiger partial charge in [-0.1, -0.05) is 24.3 Å². The molecule has 0 saturated heterocycles. The van der Waals surface area contributed by atoms with E-state index in [1.54, 1.807) is 18.2 Å². The van der Waals surface area contributed by atoms with Crippen LogP contribution in [0.4, 0.5) is 19.1 Å². The van der Waals surface area contributed by atoms with Gasteiger partial charge in [-0.3, -0.25) is 4.79 Å². The van der Waals surface area contributed by atoms with Crippen LogP contribution in [-0.2, 0) is 20.5 Å². The number of hydrogen-bond acceptors (Lipinski definition) is 5. The predicted octanol–water partition coefficient (Wildman–Crippen LogP) is 3.80. The van der Waals surface area contributed by atoms with Crippen molar-refractivity contribution in [2.45, 2.75) is 31.6 Å². The van der Waals surface area contributed by atoms with Crippen molar-refractivity contribution < 1.29 is 27.5 Å². The number of para-hydroxylation sites is 2. The number of carbonyl (C=O) groups excluding carboxylic acids is 2. The zero-order valence-electron chi connectivity index (χ0n) is 16.8. The molecule has 0 aliphatic heterocycles. The van der Waals surface area contributed by atoms with Crippen LogP contribution in [0.25, 0.3) is 11.0 Å². The lowest BCUT2D eigenvalue weighted by Crippen LogP contribution is -2.40. The minimum Gasteiger partial charge on any atom is -0.467 e. The van der Waals surface area contributed by atoms with E-state index < -0.39 is 35.7 Å². The van der Waals surface area contributed by atoms with Crippen molar-refractivity contribution in [3.8, 4) is 0 Å². The molecule has 0 aliphatic rings. The molecule has 0 bridgehead atoms. The fourth-order valence-corrected chi connectivity index (χ4v) is 3.09. The van der Waals surface area contributed by atoms with Crippen LogP contribution in [0, 0.1) is 0 Å². The highest BCUT2D eigenvalue weighted by Crippen LogP contribution is 2.32. The van der Waals surface area contributed by atoms with Gasteiger partial charge in [-0.2, -0.15) is 13.2 Å². The minimum atomic E-state index is -4.53. The van der Waals surface area contributed by atoms with Crippen molar-refractivity contribution in [3.05, 3.63) is 59.7 Å². The van der Waals surface area contributed by atoms with Gasteiger partial charge in [0.15, 0.2) is 0 Å². The lowest BCUT2D eigenvalue weighted by Gasteiger charge is -2.21. The maximum atomic E-state index is 13.2. The van der Waals surface area contributed by atoms with E-state index in [0.29, 0.717) is 11.5 Å². The first-order chi connectivity index (χ1) is 14.7. The number of aromatic nitrogens is 2. The number of aromatic amines is 1. The lowest BCUT2D eigenvalue weighted by atomic mass is 10.0. The molecule has 2 aromatic carbocycles. The number of alkyl halides is 3. The smallest absolute Gasteiger partial charge is 0.416 e.